The van der Waals surface area contributed by atoms with Gasteiger partial charge >= 0.3 is 0 Å². The maximum atomic E-state index is 12.0. The smallest absolute Gasteiger partial charge is 0.237 e. The number of hydrogen-bond donors (Lipinski definition) is 0. The molecule has 0 saturated carbocycles. The summed E-state index contributed by atoms with van der Waals surface area (Å²) >= 11 is 5.75. The van der Waals surface area contributed by atoms with Crippen LogP contribution in [0.15, 0.2) is 29.7 Å². The molecule has 0 N–H and O–H groups in total. The van der Waals surface area contributed by atoms with Gasteiger partial charge in [-0.05, 0) is 23.8 Å². The number of likely N-dealkylation sites (N-methyl/N-ethyl adjacent to an activating group) is 2. The highest BCUT2D eigenvalue weighted by atomic mass is 35.5. The minimum absolute atomic E-state index is 0.194. The molecule has 20 heavy (non-hydrogen) atoms. The molecule has 0 aliphatic heterocycles. The monoisotopic (exact) mass is 316 g/mol. The number of benzene rings is 1. The number of halogens is 1. The van der Waals surface area contributed by atoms with Crippen molar-refractivity contribution in [3.05, 3.63) is 40.3 Å². The molecule has 0 aliphatic rings. The maximum Gasteiger partial charge on any atom is 0.237 e. The lowest BCUT2D eigenvalue weighted by Gasteiger charge is -2.17. The zero-order valence-corrected chi connectivity index (χ0v) is 13.1. The Morgan fingerprint density at radius 3 is 2.25 bits per heavy atom. The summed E-state index contributed by atoms with van der Waals surface area (Å²) in [7, 11) is 0.891. The van der Waals surface area contributed by atoms with Crippen LogP contribution >= 0.6 is 11.6 Å². The SMILES string of the molecule is CN(C)C(=O)CN(C)S(=O)(=O)/C=C/c1ccc(Cl)cc1. The Morgan fingerprint density at radius 2 is 1.75 bits per heavy atom. The molecule has 1 amide bonds. The normalized spacial score (nSPS) is 12.1. The minimum Gasteiger partial charge on any atom is -0.348 e. The summed E-state index contributed by atoms with van der Waals surface area (Å²) in [5, 5.41) is 1.65. The van der Waals surface area contributed by atoms with Crippen molar-refractivity contribution in [2.75, 3.05) is 27.7 Å². The number of sulfonamides is 1. The molecule has 7 heteroatoms. The van der Waals surface area contributed by atoms with Crippen LogP contribution < -0.4 is 0 Å². The fraction of sp³-hybridized carbons (Fsp3) is 0.308. The third-order valence-corrected chi connectivity index (χ3v) is 4.32. The molecule has 0 aliphatic carbocycles. The highest BCUT2D eigenvalue weighted by Gasteiger charge is 2.18. The minimum atomic E-state index is -3.62. The molecule has 1 rings (SSSR count). The second-order valence-electron chi connectivity index (χ2n) is 4.44. The fourth-order valence-electron chi connectivity index (χ4n) is 1.26. The fourth-order valence-corrected chi connectivity index (χ4v) is 2.22. The van der Waals surface area contributed by atoms with Gasteiger partial charge < -0.3 is 4.90 Å². The summed E-state index contributed by atoms with van der Waals surface area (Å²) in [6, 6.07) is 6.76. The van der Waals surface area contributed by atoms with E-state index in [2.05, 4.69) is 0 Å². The molecule has 0 atom stereocenters. The zero-order chi connectivity index (χ0) is 15.3. The first-order chi connectivity index (χ1) is 9.22. The Balaban J connectivity index is 2.78. The average molecular weight is 317 g/mol. The highest BCUT2D eigenvalue weighted by Crippen LogP contribution is 2.12. The van der Waals surface area contributed by atoms with Crippen molar-refractivity contribution < 1.29 is 13.2 Å². The van der Waals surface area contributed by atoms with Crippen LogP contribution in [0.3, 0.4) is 0 Å². The third-order valence-electron chi connectivity index (χ3n) is 2.59. The lowest BCUT2D eigenvalue weighted by atomic mass is 10.2. The standard InChI is InChI=1S/C13H17ClN2O3S/c1-15(2)13(17)10-16(3)20(18,19)9-8-11-4-6-12(14)7-5-11/h4-9H,10H2,1-3H3/b9-8+. The van der Waals surface area contributed by atoms with Crippen molar-refractivity contribution in [1.82, 2.24) is 9.21 Å². The van der Waals surface area contributed by atoms with Gasteiger partial charge in [0.25, 0.3) is 0 Å². The first-order valence-electron chi connectivity index (χ1n) is 5.82. The molecule has 1 aromatic rings. The van der Waals surface area contributed by atoms with Crippen LogP contribution in [-0.2, 0) is 14.8 Å². The molecule has 0 saturated heterocycles. The number of rotatable bonds is 5. The first kappa shape index (κ1) is 16.7. The largest absolute Gasteiger partial charge is 0.348 e. The van der Waals surface area contributed by atoms with Crippen LogP contribution in [0.2, 0.25) is 5.02 Å². The first-order valence-corrected chi connectivity index (χ1v) is 7.70. The number of carbonyl (C=O) groups is 1. The van der Waals surface area contributed by atoms with E-state index in [0.717, 1.165) is 9.71 Å². The van der Waals surface area contributed by atoms with E-state index in [0.29, 0.717) is 10.6 Å². The predicted octanol–water partition coefficient (Wildman–Crippen LogP) is 1.66. The van der Waals surface area contributed by atoms with E-state index < -0.39 is 10.0 Å². The number of amides is 1. The molecular weight excluding hydrogens is 300 g/mol. The van der Waals surface area contributed by atoms with E-state index in [-0.39, 0.29) is 12.5 Å². The lowest BCUT2D eigenvalue weighted by molar-refractivity contribution is -0.128. The Labute approximate surface area is 124 Å². The van der Waals surface area contributed by atoms with Crippen LogP contribution in [0.1, 0.15) is 5.56 Å². The number of nitrogens with zero attached hydrogens (tertiary/aromatic N) is 2. The molecule has 0 bridgehead atoms. The van der Waals surface area contributed by atoms with Gasteiger partial charge in [0.1, 0.15) is 0 Å². The van der Waals surface area contributed by atoms with E-state index in [4.69, 9.17) is 11.6 Å². The molecule has 0 aromatic heterocycles. The van der Waals surface area contributed by atoms with Gasteiger partial charge in [-0.15, -0.1) is 0 Å². The van der Waals surface area contributed by atoms with Crippen LogP contribution in [0.5, 0.6) is 0 Å². The molecule has 0 radical (unpaired) electrons. The summed E-state index contributed by atoms with van der Waals surface area (Å²) in [6.07, 6.45) is 1.46. The Morgan fingerprint density at radius 1 is 1.20 bits per heavy atom. The Hall–Kier alpha value is -1.37. The van der Waals surface area contributed by atoms with Gasteiger partial charge in [-0.1, -0.05) is 23.7 Å². The quantitative estimate of drug-likeness (QED) is 0.830. The molecular formula is C13H17ClN2O3S. The summed E-state index contributed by atoms with van der Waals surface area (Å²) in [5.41, 5.74) is 0.713. The van der Waals surface area contributed by atoms with Crippen molar-refractivity contribution in [2.24, 2.45) is 0 Å². The summed E-state index contributed by atoms with van der Waals surface area (Å²) in [5.74, 6) is -0.282. The van der Waals surface area contributed by atoms with Gasteiger partial charge in [0.2, 0.25) is 15.9 Å². The van der Waals surface area contributed by atoms with E-state index >= 15 is 0 Å². The van der Waals surface area contributed by atoms with Crippen LogP contribution in [-0.4, -0.2) is 51.2 Å². The molecule has 110 valence electrons. The Kier molecular flexibility index (Phi) is 5.74. The van der Waals surface area contributed by atoms with Gasteiger partial charge in [-0.25, -0.2) is 8.42 Å². The van der Waals surface area contributed by atoms with E-state index in [9.17, 15) is 13.2 Å². The van der Waals surface area contributed by atoms with Crippen molar-refractivity contribution in [3.63, 3.8) is 0 Å². The number of carbonyl (C=O) groups excluding carboxylic acids is 1. The molecule has 5 nitrogen and oxygen atoms in total. The molecule has 0 heterocycles. The second kappa shape index (κ2) is 6.88. The van der Waals surface area contributed by atoms with Gasteiger partial charge in [-0.2, -0.15) is 4.31 Å². The summed E-state index contributed by atoms with van der Waals surface area (Å²) < 4.78 is 24.9. The van der Waals surface area contributed by atoms with Gasteiger partial charge in [0.05, 0.1) is 6.54 Å². The third kappa shape index (κ3) is 4.96. The summed E-state index contributed by atoms with van der Waals surface area (Å²) in [6.45, 7) is -0.194. The lowest BCUT2D eigenvalue weighted by Crippen LogP contribution is -2.36. The highest BCUT2D eigenvalue weighted by molar-refractivity contribution is 7.92. The Bertz CT molecular complexity index is 595. The van der Waals surface area contributed by atoms with Gasteiger partial charge in [-0.3, -0.25) is 4.79 Å². The predicted molar refractivity (Wildman–Crippen MR) is 80.7 cm³/mol. The van der Waals surface area contributed by atoms with E-state index in [1.807, 2.05) is 0 Å². The molecule has 0 fully saturated rings. The second-order valence-corrected chi connectivity index (χ2v) is 6.81. The maximum absolute atomic E-state index is 12.0. The van der Waals surface area contributed by atoms with Gasteiger partial charge in [0.15, 0.2) is 0 Å². The van der Waals surface area contributed by atoms with E-state index in [1.54, 1.807) is 38.4 Å². The molecule has 0 unspecified atom stereocenters. The average Bonchev–Trinajstić information content (AvgIpc) is 2.37. The van der Waals surface area contributed by atoms with Crippen LogP contribution in [0.4, 0.5) is 0 Å². The van der Waals surface area contributed by atoms with Crippen LogP contribution in [0, 0.1) is 0 Å². The molecule has 1 aromatic carbocycles. The molecule has 0 spiro atoms. The summed E-state index contributed by atoms with van der Waals surface area (Å²) in [4.78, 5) is 12.8. The van der Waals surface area contributed by atoms with Crippen molar-refractivity contribution in [1.29, 1.82) is 0 Å². The van der Waals surface area contributed by atoms with Crippen molar-refractivity contribution in [2.45, 2.75) is 0 Å². The zero-order valence-electron chi connectivity index (χ0n) is 11.6. The van der Waals surface area contributed by atoms with Crippen molar-refractivity contribution >= 4 is 33.6 Å². The van der Waals surface area contributed by atoms with Gasteiger partial charge in [0, 0.05) is 31.6 Å². The number of hydrogen-bond acceptors (Lipinski definition) is 3. The van der Waals surface area contributed by atoms with Crippen molar-refractivity contribution in [3.8, 4) is 0 Å². The van der Waals surface area contributed by atoms with Crippen LogP contribution in [0.25, 0.3) is 6.08 Å². The topological polar surface area (TPSA) is 57.7 Å². The van der Waals surface area contributed by atoms with E-state index in [1.165, 1.54) is 18.0 Å².